The van der Waals surface area contributed by atoms with Gasteiger partial charge in [-0.3, -0.25) is 0 Å². The molecule has 0 saturated heterocycles. The van der Waals surface area contributed by atoms with E-state index in [-0.39, 0.29) is 0 Å². The lowest BCUT2D eigenvalue weighted by atomic mass is 9.72. The van der Waals surface area contributed by atoms with Crippen molar-refractivity contribution >= 4 is 0 Å². The number of hydrogen-bond donors (Lipinski definition) is 2. The van der Waals surface area contributed by atoms with Crippen molar-refractivity contribution in [2.75, 3.05) is 0 Å². The van der Waals surface area contributed by atoms with Gasteiger partial charge in [-0.25, -0.2) is 0 Å². The van der Waals surface area contributed by atoms with E-state index in [1.807, 2.05) is 27.7 Å². The molecule has 0 bridgehead atoms. The molecule has 15 heavy (non-hydrogen) atoms. The predicted molar refractivity (Wildman–Crippen MR) is 62.7 cm³/mol. The van der Waals surface area contributed by atoms with E-state index in [0.717, 1.165) is 32.1 Å². The van der Waals surface area contributed by atoms with Gasteiger partial charge in [0.15, 0.2) is 0 Å². The molecule has 2 nitrogen and oxygen atoms in total. The highest BCUT2D eigenvalue weighted by Crippen LogP contribution is 2.38. The predicted octanol–water partition coefficient (Wildman–Crippen LogP) is 2.72. The molecule has 0 amide bonds. The lowest BCUT2D eigenvalue weighted by molar-refractivity contribution is -0.0157. The smallest absolute Gasteiger partial charge is 0.0619 e. The highest BCUT2D eigenvalue weighted by atomic mass is 16.3. The van der Waals surface area contributed by atoms with Crippen LogP contribution in [0.4, 0.5) is 0 Å². The summed E-state index contributed by atoms with van der Waals surface area (Å²) in [6.45, 7) is 7.59. The number of hydrogen-bond acceptors (Lipinski definition) is 2. The van der Waals surface area contributed by atoms with Crippen LogP contribution < -0.4 is 0 Å². The SMILES string of the molecule is CC(C)(O)CC1CCC(C(C)(C)O)CC1. The molecule has 90 valence electrons. The van der Waals surface area contributed by atoms with Gasteiger partial charge < -0.3 is 10.2 Å². The van der Waals surface area contributed by atoms with Crippen molar-refractivity contribution in [2.24, 2.45) is 11.8 Å². The quantitative estimate of drug-likeness (QED) is 0.758. The zero-order valence-electron chi connectivity index (χ0n) is 10.6. The third kappa shape index (κ3) is 4.52. The summed E-state index contributed by atoms with van der Waals surface area (Å²) in [4.78, 5) is 0. The first-order valence-electron chi connectivity index (χ1n) is 6.13. The summed E-state index contributed by atoms with van der Waals surface area (Å²) in [6.07, 6.45) is 5.40. The number of aliphatic hydroxyl groups is 2. The van der Waals surface area contributed by atoms with Crippen molar-refractivity contribution in [2.45, 2.75) is 71.0 Å². The van der Waals surface area contributed by atoms with Crippen LogP contribution in [-0.4, -0.2) is 21.4 Å². The van der Waals surface area contributed by atoms with Gasteiger partial charge in [0.1, 0.15) is 0 Å². The van der Waals surface area contributed by atoms with Crippen molar-refractivity contribution in [3.63, 3.8) is 0 Å². The fourth-order valence-electron chi connectivity index (χ4n) is 2.78. The summed E-state index contributed by atoms with van der Waals surface area (Å²) in [5, 5.41) is 19.7. The van der Waals surface area contributed by atoms with E-state index in [2.05, 4.69) is 0 Å². The summed E-state index contributed by atoms with van der Waals surface area (Å²) in [5.41, 5.74) is -1.06. The van der Waals surface area contributed by atoms with Crippen molar-refractivity contribution in [1.29, 1.82) is 0 Å². The van der Waals surface area contributed by atoms with Crippen LogP contribution in [0.3, 0.4) is 0 Å². The number of rotatable bonds is 3. The Morgan fingerprint density at radius 3 is 1.73 bits per heavy atom. The topological polar surface area (TPSA) is 40.5 Å². The van der Waals surface area contributed by atoms with Gasteiger partial charge in [0.05, 0.1) is 11.2 Å². The largest absolute Gasteiger partial charge is 0.390 e. The Morgan fingerprint density at radius 2 is 1.40 bits per heavy atom. The molecule has 1 aliphatic carbocycles. The minimum absolute atomic E-state index is 0.440. The molecular weight excluding hydrogens is 188 g/mol. The second-order valence-corrected chi connectivity index (χ2v) is 6.39. The van der Waals surface area contributed by atoms with Crippen LogP contribution in [0.25, 0.3) is 0 Å². The van der Waals surface area contributed by atoms with E-state index in [0.29, 0.717) is 11.8 Å². The molecule has 0 atom stereocenters. The average molecular weight is 214 g/mol. The van der Waals surface area contributed by atoms with E-state index >= 15 is 0 Å². The molecule has 0 unspecified atom stereocenters. The Bertz CT molecular complexity index is 190. The Balaban J connectivity index is 2.37. The van der Waals surface area contributed by atoms with E-state index in [1.54, 1.807) is 0 Å². The lowest BCUT2D eigenvalue weighted by Gasteiger charge is -2.37. The van der Waals surface area contributed by atoms with E-state index < -0.39 is 11.2 Å². The van der Waals surface area contributed by atoms with Crippen LogP contribution >= 0.6 is 0 Å². The molecule has 1 fully saturated rings. The molecule has 0 aromatic rings. The zero-order valence-corrected chi connectivity index (χ0v) is 10.6. The summed E-state index contributed by atoms with van der Waals surface area (Å²) in [5.74, 6) is 1.08. The minimum atomic E-state index is -0.535. The average Bonchev–Trinajstić information content (AvgIpc) is 2.00. The second kappa shape index (κ2) is 4.42. The third-order valence-electron chi connectivity index (χ3n) is 3.63. The van der Waals surface area contributed by atoms with E-state index in [9.17, 15) is 10.2 Å². The summed E-state index contributed by atoms with van der Waals surface area (Å²) >= 11 is 0. The third-order valence-corrected chi connectivity index (χ3v) is 3.63. The lowest BCUT2D eigenvalue weighted by Crippen LogP contribution is -2.35. The maximum Gasteiger partial charge on any atom is 0.0619 e. The Kier molecular flexibility index (Phi) is 3.83. The second-order valence-electron chi connectivity index (χ2n) is 6.39. The molecule has 1 rings (SSSR count). The van der Waals surface area contributed by atoms with Gasteiger partial charge in [-0.15, -0.1) is 0 Å². The monoisotopic (exact) mass is 214 g/mol. The van der Waals surface area contributed by atoms with Gasteiger partial charge in [0, 0.05) is 0 Å². The van der Waals surface area contributed by atoms with Gasteiger partial charge in [0.25, 0.3) is 0 Å². The van der Waals surface area contributed by atoms with Crippen molar-refractivity contribution in [3.8, 4) is 0 Å². The molecule has 0 aromatic carbocycles. The molecule has 2 heteroatoms. The van der Waals surface area contributed by atoms with Crippen molar-refractivity contribution < 1.29 is 10.2 Å². The van der Waals surface area contributed by atoms with E-state index in [4.69, 9.17) is 0 Å². The molecule has 0 aliphatic heterocycles. The van der Waals surface area contributed by atoms with Crippen molar-refractivity contribution in [1.82, 2.24) is 0 Å². The van der Waals surface area contributed by atoms with Gasteiger partial charge in [-0.05, 0) is 71.6 Å². The minimum Gasteiger partial charge on any atom is -0.390 e. The summed E-state index contributed by atoms with van der Waals surface area (Å²) in [7, 11) is 0. The van der Waals surface area contributed by atoms with E-state index in [1.165, 1.54) is 0 Å². The standard InChI is InChI=1S/C13H26O2/c1-12(2,14)9-10-5-7-11(8-6-10)13(3,4)15/h10-11,14-15H,5-9H2,1-4H3. The van der Waals surface area contributed by atoms with Gasteiger partial charge in [-0.2, -0.15) is 0 Å². The molecule has 1 aliphatic rings. The van der Waals surface area contributed by atoms with Gasteiger partial charge in [0.2, 0.25) is 0 Å². The first-order chi connectivity index (χ1) is 6.68. The molecule has 0 spiro atoms. The molecule has 0 radical (unpaired) electrons. The highest BCUT2D eigenvalue weighted by molar-refractivity contribution is 4.84. The normalized spacial score (nSPS) is 29.2. The maximum absolute atomic E-state index is 9.91. The van der Waals surface area contributed by atoms with Crippen LogP contribution in [0.1, 0.15) is 59.8 Å². The molecule has 1 saturated carbocycles. The molecule has 0 aromatic heterocycles. The van der Waals surface area contributed by atoms with Crippen molar-refractivity contribution in [3.05, 3.63) is 0 Å². The fraction of sp³-hybridized carbons (Fsp3) is 1.00. The first-order valence-corrected chi connectivity index (χ1v) is 6.13. The fourth-order valence-corrected chi connectivity index (χ4v) is 2.78. The van der Waals surface area contributed by atoms with Crippen LogP contribution in [0, 0.1) is 11.8 Å². The zero-order chi connectivity index (χ0) is 11.7. The Morgan fingerprint density at radius 1 is 0.933 bits per heavy atom. The summed E-state index contributed by atoms with van der Waals surface area (Å²) < 4.78 is 0. The molecule has 0 heterocycles. The molecular formula is C13H26O2. The van der Waals surface area contributed by atoms with Gasteiger partial charge >= 0.3 is 0 Å². The Labute approximate surface area is 93.7 Å². The van der Waals surface area contributed by atoms with Gasteiger partial charge in [-0.1, -0.05) is 0 Å². The first kappa shape index (κ1) is 13.0. The van der Waals surface area contributed by atoms with Crippen LogP contribution in [0.5, 0.6) is 0 Å². The highest BCUT2D eigenvalue weighted by Gasteiger charge is 2.32. The van der Waals surface area contributed by atoms with Crippen LogP contribution in [0.2, 0.25) is 0 Å². The van der Waals surface area contributed by atoms with Crippen LogP contribution in [0.15, 0.2) is 0 Å². The Hall–Kier alpha value is -0.0800. The maximum atomic E-state index is 9.91. The summed E-state index contributed by atoms with van der Waals surface area (Å²) in [6, 6.07) is 0. The van der Waals surface area contributed by atoms with Crippen LogP contribution in [-0.2, 0) is 0 Å². The molecule has 2 N–H and O–H groups in total.